The number of allylic oxidation sites excluding steroid dienone is 1. The van der Waals surface area contributed by atoms with Crippen LogP contribution in [0.1, 0.15) is 19.0 Å². The number of hydrogen-bond acceptors (Lipinski definition) is 4. The number of fused-ring (bicyclic) bond motifs is 1. The SMILES string of the molecule is C=C(CC)N(c1cc(=O)c2cnc(C)cc2n1-c1ccccc1)S(=O)(=O)c1ccccc1. The summed E-state index contributed by atoms with van der Waals surface area (Å²) in [5.41, 5.74) is 2.04. The van der Waals surface area contributed by atoms with Crippen molar-refractivity contribution in [3.05, 3.63) is 107 Å². The van der Waals surface area contributed by atoms with E-state index in [9.17, 15) is 13.2 Å². The summed E-state index contributed by atoms with van der Waals surface area (Å²) in [6.45, 7) is 7.68. The molecular formula is C25H23N3O3S. The fraction of sp³-hybridized carbons (Fsp3) is 0.120. The first kappa shape index (κ1) is 21.5. The summed E-state index contributed by atoms with van der Waals surface area (Å²) in [5, 5.41) is 0.405. The fourth-order valence-electron chi connectivity index (χ4n) is 3.60. The number of hydrogen-bond donors (Lipinski definition) is 0. The first-order valence-electron chi connectivity index (χ1n) is 10.2. The summed E-state index contributed by atoms with van der Waals surface area (Å²) >= 11 is 0. The molecule has 6 nitrogen and oxygen atoms in total. The number of anilines is 1. The van der Waals surface area contributed by atoms with Crippen LogP contribution < -0.4 is 9.73 Å². The molecule has 0 N–H and O–H groups in total. The van der Waals surface area contributed by atoms with Crippen LogP contribution in [0.25, 0.3) is 16.6 Å². The summed E-state index contributed by atoms with van der Waals surface area (Å²) in [4.78, 5) is 17.4. The average molecular weight is 446 g/mol. The van der Waals surface area contributed by atoms with E-state index in [1.807, 2.05) is 44.2 Å². The van der Waals surface area contributed by atoms with Crippen molar-refractivity contribution in [1.82, 2.24) is 9.55 Å². The maximum Gasteiger partial charge on any atom is 0.269 e. The van der Waals surface area contributed by atoms with Gasteiger partial charge in [-0.25, -0.2) is 12.7 Å². The molecule has 0 saturated carbocycles. The first-order chi connectivity index (χ1) is 15.3. The highest BCUT2D eigenvalue weighted by atomic mass is 32.2. The van der Waals surface area contributed by atoms with E-state index in [0.29, 0.717) is 28.7 Å². The Hall–Kier alpha value is -3.71. The average Bonchev–Trinajstić information content (AvgIpc) is 2.80. The first-order valence-corrected chi connectivity index (χ1v) is 11.6. The summed E-state index contributed by atoms with van der Waals surface area (Å²) in [5.74, 6) is 0.204. The second kappa shape index (κ2) is 8.43. The highest BCUT2D eigenvalue weighted by Crippen LogP contribution is 2.32. The molecule has 32 heavy (non-hydrogen) atoms. The van der Waals surface area contributed by atoms with E-state index < -0.39 is 10.0 Å². The van der Waals surface area contributed by atoms with E-state index in [0.717, 1.165) is 5.69 Å². The molecule has 7 heteroatoms. The van der Waals surface area contributed by atoms with Crippen molar-refractivity contribution in [3.63, 3.8) is 0 Å². The van der Waals surface area contributed by atoms with Crippen LogP contribution in [-0.4, -0.2) is 18.0 Å². The van der Waals surface area contributed by atoms with Crippen LogP contribution in [0, 0.1) is 6.92 Å². The van der Waals surface area contributed by atoms with Gasteiger partial charge in [0.05, 0.1) is 15.8 Å². The van der Waals surface area contributed by atoms with Crippen molar-refractivity contribution >= 4 is 26.7 Å². The van der Waals surface area contributed by atoms with E-state index in [-0.39, 0.29) is 16.1 Å². The Labute approximate surface area is 187 Å². The fourth-order valence-corrected chi connectivity index (χ4v) is 5.16. The standard InChI is InChI=1S/C25H23N3O3S/c1-4-19(3)28(32(30,31)21-13-9-6-10-14-21)25-16-24(29)22-17-26-18(2)15-23(22)27(25)20-11-7-5-8-12-20/h5-17H,3-4H2,1-2H3. The molecule has 0 aliphatic heterocycles. The lowest BCUT2D eigenvalue weighted by molar-refractivity contribution is 0.593. The molecule has 4 aromatic rings. The lowest BCUT2D eigenvalue weighted by Gasteiger charge is -2.29. The quantitative estimate of drug-likeness (QED) is 0.427. The van der Waals surface area contributed by atoms with Gasteiger partial charge >= 0.3 is 0 Å². The van der Waals surface area contributed by atoms with Crippen LogP contribution in [0.4, 0.5) is 5.82 Å². The van der Waals surface area contributed by atoms with Gasteiger partial charge in [-0.1, -0.05) is 49.9 Å². The smallest absolute Gasteiger partial charge is 0.269 e. The molecule has 0 atom stereocenters. The minimum absolute atomic E-state index is 0.118. The molecule has 0 aliphatic carbocycles. The minimum Gasteiger partial charge on any atom is -0.295 e. The molecule has 2 aromatic heterocycles. The molecule has 0 amide bonds. The highest BCUT2D eigenvalue weighted by molar-refractivity contribution is 7.93. The van der Waals surface area contributed by atoms with Gasteiger partial charge in [0.25, 0.3) is 10.0 Å². The number of aryl methyl sites for hydroxylation is 1. The molecule has 0 radical (unpaired) electrons. The molecule has 162 valence electrons. The molecule has 2 aromatic carbocycles. The Bertz CT molecular complexity index is 1460. The van der Waals surface area contributed by atoms with Gasteiger partial charge < -0.3 is 0 Å². The maximum absolute atomic E-state index is 13.8. The van der Waals surface area contributed by atoms with Gasteiger partial charge in [-0.3, -0.25) is 14.3 Å². The van der Waals surface area contributed by atoms with E-state index in [1.165, 1.54) is 28.7 Å². The molecule has 0 aliphatic rings. The summed E-state index contributed by atoms with van der Waals surface area (Å²) in [6, 6.07) is 20.6. The zero-order valence-electron chi connectivity index (χ0n) is 17.9. The molecule has 0 spiro atoms. The zero-order chi connectivity index (χ0) is 22.9. The van der Waals surface area contributed by atoms with E-state index in [4.69, 9.17) is 0 Å². The third-order valence-corrected chi connectivity index (χ3v) is 7.01. The summed E-state index contributed by atoms with van der Waals surface area (Å²) in [7, 11) is -4.03. The minimum atomic E-state index is -4.03. The van der Waals surface area contributed by atoms with Gasteiger partial charge in [-0.05, 0) is 43.7 Å². The normalized spacial score (nSPS) is 11.4. The van der Waals surface area contributed by atoms with Gasteiger partial charge in [0.2, 0.25) is 0 Å². The van der Waals surface area contributed by atoms with Crippen LogP contribution in [0.15, 0.2) is 101 Å². The maximum atomic E-state index is 13.8. The van der Waals surface area contributed by atoms with Gasteiger partial charge in [-0.2, -0.15) is 0 Å². The van der Waals surface area contributed by atoms with Crippen molar-refractivity contribution in [1.29, 1.82) is 0 Å². The highest BCUT2D eigenvalue weighted by Gasteiger charge is 2.30. The lowest BCUT2D eigenvalue weighted by Crippen LogP contribution is -2.33. The second-order valence-corrected chi connectivity index (χ2v) is 9.17. The van der Waals surface area contributed by atoms with Crippen molar-refractivity contribution in [2.75, 3.05) is 4.31 Å². The summed E-state index contributed by atoms with van der Waals surface area (Å²) < 4.78 is 30.5. The van der Waals surface area contributed by atoms with E-state index in [2.05, 4.69) is 11.6 Å². The number of pyridine rings is 2. The van der Waals surface area contributed by atoms with Crippen molar-refractivity contribution in [2.24, 2.45) is 0 Å². The molecular weight excluding hydrogens is 422 g/mol. The van der Waals surface area contributed by atoms with Crippen LogP contribution in [-0.2, 0) is 10.0 Å². The Morgan fingerprint density at radius 3 is 2.28 bits per heavy atom. The molecule has 0 saturated heterocycles. The van der Waals surface area contributed by atoms with Gasteiger partial charge in [0.15, 0.2) is 5.43 Å². The van der Waals surface area contributed by atoms with E-state index in [1.54, 1.807) is 28.8 Å². The number of aromatic nitrogens is 2. The number of para-hydroxylation sites is 1. The number of nitrogens with zero attached hydrogens (tertiary/aromatic N) is 3. The van der Waals surface area contributed by atoms with Crippen molar-refractivity contribution in [2.45, 2.75) is 25.2 Å². The van der Waals surface area contributed by atoms with Crippen LogP contribution in [0.3, 0.4) is 0 Å². The molecule has 4 rings (SSSR count). The Morgan fingerprint density at radius 2 is 1.66 bits per heavy atom. The number of benzene rings is 2. The number of rotatable bonds is 6. The Morgan fingerprint density at radius 1 is 1.03 bits per heavy atom. The molecule has 0 bridgehead atoms. The van der Waals surface area contributed by atoms with Gasteiger partial charge in [-0.15, -0.1) is 0 Å². The van der Waals surface area contributed by atoms with Gasteiger partial charge in [0, 0.05) is 29.3 Å². The topological polar surface area (TPSA) is 72.3 Å². The van der Waals surface area contributed by atoms with Gasteiger partial charge in [0.1, 0.15) is 5.82 Å². The third kappa shape index (κ3) is 3.71. The van der Waals surface area contributed by atoms with Crippen LogP contribution in [0.5, 0.6) is 0 Å². The Balaban J connectivity index is 2.14. The lowest BCUT2D eigenvalue weighted by atomic mass is 10.2. The van der Waals surface area contributed by atoms with Crippen LogP contribution >= 0.6 is 0 Å². The number of sulfonamides is 1. The van der Waals surface area contributed by atoms with E-state index >= 15 is 0 Å². The second-order valence-electron chi connectivity index (χ2n) is 7.38. The zero-order valence-corrected chi connectivity index (χ0v) is 18.7. The van der Waals surface area contributed by atoms with Crippen LogP contribution in [0.2, 0.25) is 0 Å². The largest absolute Gasteiger partial charge is 0.295 e. The Kier molecular flexibility index (Phi) is 5.67. The molecule has 2 heterocycles. The predicted octanol–water partition coefficient (Wildman–Crippen LogP) is 4.81. The third-order valence-electron chi connectivity index (χ3n) is 5.21. The molecule has 0 unspecified atom stereocenters. The molecule has 0 fully saturated rings. The predicted molar refractivity (Wildman–Crippen MR) is 128 cm³/mol. The summed E-state index contributed by atoms with van der Waals surface area (Å²) in [6.07, 6.45) is 1.91. The monoisotopic (exact) mass is 445 g/mol. The van der Waals surface area contributed by atoms with Crippen molar-refractivity contribution in [3.8, 4) is 5.69 Å². The van der Waals surface area contributed by atoms with Crippen molar-refractivity contribution < 1.29 is 8.42 Å².